The van der Waals surface area contributed by atoms with Crippen molar-refractivity contribution in [1.82, 2.24) is 15.5 Å². The molecule has 2 fully saturated rings. The fourth-order valence-electron chi connectivity index (χ4n) is 5.20. The highest BCUT2D eigenvalue weighted by atomic mass is 32.2. The maximum absolute atomic E-state index is 13.6. The minimum atomic E-state index is -1.02. The van der Waals surface area contributed by atoms with Crippen LogP contribution in [0.15, 0.2) is 22.5 Å². The predicted molar refractivity (Wildman–Crippen MR) is 128 cm³/mol. The first kappa shape index (κ1) is 25.0. The number of thiol groups is 1. The largest absolute Gasteiger partial charge is 0.449 e. The fraction of sp³-hybridized carbons (Fsp3) is 0.619. The second-order valence-electron chi connectivity index (χ2n) is 8.63. The topological polar surface area (TPSA) is 176 Å². The van der Waals surface area contributed by atoms with E-state index >= 15 is 0 Å². The van der Waals surface area contributed by atoms with Gasteiger partial charge in [-0.1, -0.05) is 11.8 Å². The molecule has 34 heavy (non-hydrogen) atoms. The van der Waals surface area contributed by atoms with Gasteiger partial charge in [-0.3, -0.25) is 14.4 Å². The summed E-state index contributed by atoms with van der Waals surface area (Å²) in [6, 6.07) is -0.567. The standard InChI is InChI=1S/C21H29N5O6S2/c1-9-14(24-4-6-34-19(29)11(22)3-5-33)17(28)13-10(8-32-20(23)30)21(31-2)18-12(25-18)7-26(21)15(13)16(9)27/h10-12,18,24-25,33H,3-8,22H2,1-2H3,(H2,23,30)/t10-,11+,12+,18+,21-/m1/s1. The van der Waals surface area contributed by atoms with E-state index in [2.05, 4.69) is 23.3 Å². The average Bonchev–Trinajstić information content (AvgIpc) is 3.41. The lowest BCUT2D eigenvalue weighted by atomic mass is 9.82. The minimum absolute atomic E-state index is 0.106. The molecule has 3 aliphatic heterocycles. The number of nitrogens with two attached hydrogens (primary N) is 2. The Bertz CT molecular complexity index is 1000. The molecule has 2 saturated heterocycles. The van der Waals surface area contributed by atoms with Crippen LogP contribution in [0.3, 0.4) is 0 Å². The van der Waals surface area contributed by atoms with Gasteiger partial charge in [-0.2, -0.15) is 12.6 Å². The normalized spacial score (nSPS) is 30.2. The number of Topliss-reactive ketones (excluding diaryl/α,β-unsaturated/α-hetero) is 2. The fourth-order valence-corrected chi connectivity index (χ4v) is 6.21. The number of hydrogen-bond donors (Lipinski definition) is 5. The summed E-state index contributed by atoms with van der Waals surface area (Å²) in [6.07, 6.45) is -0.484. The number of nitrogens with one attached hydrogen (secondary N) is 2. The van der Waals surface area contributed by atoms with E-state index in [0.29, 0.717) is 35.7 Å². The first-order valence-corrected chi connectivity index (χ1v) is 12.6. The predicted octanol–water partition coefficient (Wildman–Crippen LogP) is -1.11. The summed E-state index contributed by atoms with van der Waals surface area (Å²) < 4.78 is 11.0. The maximum Gasteiger partial charge on any atom is 0.404 e. The number of carbonyl (C=O) groups is 4. The number of primary amides is 1. The van der Waals surface area contributed by atoms with Crippen molar-refractivity contribution in [3.8, 4) is 0 Å². The molecule has 0 bridgehead atoms. The monoisotopic (exact) mass is 511 g/mol. The number of methoxy groups -OCH3 is 1. The number of hydrogen-bond acceptors (Lipinski definition) is 12. The van der Waals surface area contributed by atoms with E-state index in [1.807, 2.05) is 4.90 Å². The lowest BCUT2D eigenvalue weighted by molar-refractivity contribution is -0.137. The van der Waals surface area contributed by atoms with Crippen molar-refractivity contribution in [1.29, 1.82) is 0 Å². The Labute approximate surface area is 206 Å². The molecule has 186 valence electrons. The van der Waals surface area contributed by atoms with Gasteiger partial charge in [0.2, 0.25) is 16.7 Å². The van der Waals surface area contributed by atoms with Crippen LogP contribution in [0.5, 0.6) is 0 Å². The van der Waals surface area contributed by atoms with Gasteiger partial charge < -0.3 is 36.5 Å². The second kappa shape index (κ2) is 9.53. The van der Waals surface area contributed by atoms with Crippen LogP contribution in [0, 0.1) is 5.92 Å². The van der Waals surface area contributed by atoms with Gasteiger partial charge in [-0.15, -0.1) is 0 Å². The molecule has 3 heterocycles. The molecule has 0 aromatic heterocycles. The third-order valence-electron chi connectivity index (χ3n) is 6.82. The summed E-state index contributed by atoms with van der Waals surface area (Å²) in [5, 5.41) is 6.20. The number of piperazine rings is 1. The van der Waals surface area contributed by atoms with E-state index in [0.717, 1.165) is 11.8 Å². The SMILES string of the molecule is CO[C@@]12[C@H](COC(N)=O)C3=C(C(=O)C(C)=C(NCCSC(=O)[C@@H](N)CCS)C3=O)N1C[C@@H]1N[C@@H]12. The number of thioether (sulfide) groups is 1. The van der Waals surface area contributed by atoms with Crippen LogP contribution in [0.2, 0.25) is 0 Å². The van der Waals surface area contributed by atoms with Crippen molar-refractivity contribution >= 4 is 47.2 Å². The number of nitrogens with zero attached hydrogens (tertiary/aromatic N) is 1. The summed E-state index contributed by atoms with van der Waals surface area (Å²) in [5.41, 5.74) is 11.0. The molecule has 0 spiro atoms. The van der Waals surface area contributed by atoms with Gasteiger partial charge in [0.05, 0.1) is 29.4 Å². The Morgan fingerprint density at radius 2 is 2.12 bits per heavy atom. The second-order valence-corrected chi connectivity index (χ2v) is 10.2. The number of fused-ring (bicyclic) bond motifs is 4. The smallest absolute Gasteiger partial charge is 0.404 e. The number of carbonyl (C=O) groups excluding carboxylic acids is 4. The minimum Gasteiger partial charge on any atom is -0.449 e. The van der Waals surface area contributed by atoms with Gasteiger partial charge in [-0.05, 0) is 19.1 Å². The van der Waals surface area contributed by atoms with E-state index in [-0.39, 0.29) is 53.2 Å². The van der Waals surface area contributed by atoms with Crippen LogP contribution in [0.25, 0.3) is 0 Å². The Morgan fingerprint density at radius 1 is 1.38 bits per heavy atom. The van der Waals surface area contributed by atoms with Crippen LogP contribution in [-0.2, 0) is 23.9 Å². The Balaban J connectivity index is 1.53. The van der Waals surface area contributed by atoms with Crippen molar-refractivity contribution in [2.45, 2.75) is 37.2 Å². The molecule has 0 aromatic carbocycles. The molecule has 4 aliphatic rings. The molecule has 5 atom stereocenters. The van der Waals surface area contributed by atoms with Crippen LogP contribution >= 0.6 is 24.4 Å². The maximum atomic E-state index is 13.6. The summed E-state index contributed by atoms with van der Waals surface area (Å²) in [5.74, 6) is -0.429. The van der Waals surface area contributed by atoms with Gasteiger partial charge >= 0.3 is 6.09 Å². The molecule has 0 saturated carbocycles. The first-order chi connectivity index (χ1) is 16.2. The van der Waals surface area contributed by atoms with Crippen LogP contribution in [0.4, 0.5) is 4.79 Å². The van der Waals surface area contributed by atoms with E-state index < -0.39 is 23.8 Å². The number of allylic oxidation sites excluding steroid dienone is 2. The van der Waals surface area contributed by atoms with Crippen LogP contribution < -0.4 is 22.1 Å². The summed E-state index contributed by atoms with van der Waals surface area (Å²) in [7, 11) is 1.52. The zero-order valence-corrected chi connectivity index (χ0v) is 20.7. The summed E-state index contributed by atoms with van der Waals surface area (Å²) in [6.45, 7) is 2.20. The molecule has 1 aliphatic carbocycles. The average molecular weight is 512 g/mol. The van der Waals surface area contributed by atoms with Crippen molar-refractivity contribution in [2.75, 3.05) is 38.3 Å². The molecule has 11 nitrogen and oxygen atoms in total. The molecule has 0 unspecified atom stereocenters. The van der Waals surface area contributed by atoms with Gasteiger partial charge in [0.1, 0.15) is 6.61 Å². The number of ether oxygens (including phenoxy) is 2. The van der Waals surface area contributed by atoms with Crippen molar-refractivity contribution in [3.05, 3.63) is 22.5 Å². The van der Waals surface area contributed by atoms with E-state index in [4.69, 9.17) is 20.9 Å². The molecule has 6 N–H and O–H groups in total. The van der Waals surface area contributed by atoms with Gasteiger partial charge in [-0.25, -0.2) is 4.79 Å². The highest BCUT2D eigenvalue weighted by Gasteiger charge is 2.72. The molecule has 13 heteroatoms. The molecule has 0 aromatic rings. The van der Waals surface area contributed by atoms with E-state index in [9.17, 15) is 19.2 Å². The number of amides is 1. The molecular weight excluding hydrogens is 482 g/mol. The molecule has 0 radical (unpaired) electrons. The number of rotatable bonds is 10. The van der Waals surface area contributed by atoms with Gasteiger partial charge in [0.15, 0.2) is 5.72 Å². The van der Waals surface area contributed by atoms with Crippen molar-refractivity contribution in [3.63, 3.8) is 0 Å². The Morgan fingerprint density at radius 3 is 2.76 bits per heavy atom. The Hall–Kier alpha value is -2.06. The Kier molecular flexibility index (Phi) is 7.02. The highest BCUT2D eigenvalue weighted by molar-refractivity contribution is 8.13. The van der Waals surface area contributed by atoms with Gasteiger partial charge in [0.25, 0.3) is 0 Å². The van der Waals surface area contributed by atoms with Crippen LogP contribution in [-0.4, -0.2) is 89.8 Å². The first-order valence-electron chi connectivity index (χ1n) is 11.0. The summed E-state index contributed by atoms with van der Waals surface area (Å²) in [4.78, 5) is 52.3. The van der Waals surface area contributed by atoms with E-state index in [1.165, 1.54) is 7.11 Å². The third kappa shape index (κ3) is 3.92. The lowest BCUT2D eigenvalue weighted by Gasteiger charge is -2.39. The zero-order chi connectivity index (χ0) is 24.8. The number of ketones is 2. The highest BCUT2D eigenvalue weighted by Crippen LogP contribution is 2.55. The lowest BCUT2D eigenvalue weighted by Crippen LogP contribution is -2.55. The zero-order valence-electron chi connectivity index (χ0n) is 19.0. The third-order valence-corrected chi connectivity index (χ3v) is 8.07. The van der Waals surface area contributed by atoms with Crippen LogP contribution in [0.1, 0.15) is 13.3 Å². The van der Waals surface area contributed by atoms with Crippen molar-refractivity contribution in [2.24, 2.45) is 17.4 Å². The van der Waals surface area contributed by atoms with E-state index in [1.54, 1.807) is 6.92 Å². The quantitative estimate of drug-likeness (QED) is 0.104. The molecule has 4 rings (SSSR count). The van der Waals surface area contributed by atoms with Gasteiger partial charge in [0, 0.05) is 43.1 Å². The summed E-state index contributed by atoms with van der Waals surface area (Å²) >= 11 is 5.16. The molecular formula is C21H29N5O6S2. The van der Waals surface area contributed by atoms with Crippen molar-refractivity contribution < 1.29 is 28.7 Å². The molecule has 1 amide bonds.